The van der Waals surface area contributed by atoms with Crippen LogP contribution in [0.4, 0.5) is 0 Å². The Morgan fingerprint density at radius 1 is 1.18 bits per heavy atom. The number of benzene rings is 2. The third-order valence-electron chi connectivity index (χ3n) is 4.70. The van der Waals surface area contributed by atoms with Crippen LogP contribution in [0, 0.1) is 0 Å². The summed E-state index contributed by atoms with van der Waals surface area (Å²) in [7, 11) is 0. The molecule has 0 N–H and O–H groups in total. The number of halogens is 1. The lowest BCUT2D eigenvalue weighted by Crippen LogP contribution is -2.05. The van der Waals surface area contributed by atoms with E-state index >= 15 is 0 Å². The van der Waals surface area contributed by atoms with E-state index in [4.69, 9.17) is 16.3 Å². The molecule has 2 aromatic heterocycles. The van der Waals surface area contributed by atoms with E-state index in [1.807, 2.05) is 52.9 Å². The number of carbonyl (C=O) groups excluding carboxylic acids is 2. The predicted octanol–water partition coefficient (Wildman–Crippen LogP) is 5.78. The van der Waals surface area contributed by atoms with Crippen LogP contribution < -0.4 is 0 Å². The van der Waals surface area contributed by atoms with Crippen molar-refractivity contribution in [2.24, 2.45) is 0 Å². The molecule has 0 unspecified atom stereocenters. The molecule has 28 heavy (non-hydrogen) atoms. The third kappa shape index (κ3) is 3.21. The van der Waals surface area contributed by atoms with E-state index in [-0.39, 0.29) is 12.4 Å². The highest BCUT2D eigenvalue weighted by Crippen LogP contribution is 2.40. The quantitative estimate of drug-likeness (QED) is 0.298. The Kier molecular flexibility index (Phi) is 5.20. The van der Waals surface area contributed by atoms with E-state index in [1.54, 1.807) is 18.3 Å². The third-order valence-corrected chi connectivity index (χ3v) is 6.14. The van der Waals surface area contributed by atoms with Crippen molar-refractivity contribution >= 4 is 50.2 Å². The van der Waals surface area contributed by atoms with Crippen LogP contribution in [0.5, 0.6) is 0 Å². The lowest BCUT2D eigenvalue weighted by atomic mass is 9.99. The van der Waals surface area contributed by atoms with Gasteiger partial charge in [-0.15, -0.1) is 11.3 Å². The van der Waals surface area contributed by atoms with Gasteiger partial charge in [0.25, 0.3) is 0 Å². The van der Waals surface area contributed by atoms with Crippen LogP contribution in [0.25, 0.3) is 26.2 Å². The number of para-hydroxylation sites is 1. The Balaban J connectivity index is 1.96. The van der Waals surface area contributed by atoms with Gasteiger partial charge in [-0.05, 0) is 48.7 Å². The van der Waals surface area contributed by atoms with E-state index in [1.165, 1.54) is 0 Å². The minimum absolute atomic E-state index is 0.238. The van der Waals surface area contributed by atoms with Gasteiger partial charge in [0.1, 0.15) is 4.83 Å². The fraction of sp³-hybridized carbons (Fsp3) is 0.182. The zero-order valence-electron chi connectivity index (χ0n) is 15.3. The Bertz CT molecular complexity index is 1170. The first-order valence-electron chi connectivity index (χ1n) is 9.05. The number of esters is 1. The van der Waals surface area contributed by atoms with Crippen molar-refractivity contribution in [3.63, 3.8) is 0 Å². The van der Waals surface area contributed by atoms with Crippen molar-refractivity contribution in [3.8, 4) is 11.1 Å². The van der Waals surface area contributed by atoms with Gasteiger partial charge >= 0.3 is 5.97 Å². The van der Waals surface area contributed by atoms with Crippen molar-refractivity contribution in [1.29, 1.82) is 0 Å². The summed E-state index contributed by atoms with van der Waals surface area (Å²) < 4.78 is 8.19. The molecule has 0 atom stereocenters. The normalized spacial score (nSPS) is 11.2. The number of hydrogen-bond donors (Lipinski definition) is 0. The fourth-order valence-electron chi connectivity index (χ4n) is 3.54. The number of carbonyl (C=O) groups is 2. The van der Waals surface area contributed by atoms with Gasteiger partial charge in [-0.3, -0.25) is 14.0 Å². The second-order valence-electron chi connectivity index (χ2n) is 6.38. The number of rotatable bonds is 6. The predicted molar refractivity (Wildman–Crippen MR) is 114 cm³/mol. The molecule has 0 aliphatic carbocycles. The van der Waals surface area contributed by atoms with Gasteiger partial charge in [-0.25, -0.2) is 0 Å². The van der Waals surface area contributed by atoms with E-state index in [0.29, 0.717) is 23.7 Å². The molecule has 2 aromatic carbocycles. The van der Waals surface area contributed by atoms with Crippen LogP contribution in [0.2, 0.25) is 5.02 Å². The maximum atomic E-state index is 12.1. The molecular formula is C22H18ClNO3S. The molecular weight excluding hydrogens is 394 g/mol. The number of aldehydes is 1. The zero-order valence-corrected chi connectivity index (χ0v) is 16.8. The summed E-state index contributed by atoms with van der Waals surface area (Å²) in [6.07, 6.45) is 1.66. The van der Waals surface area contributed by atoms with Crippen molar-refractivity contribution in [2.75, 3.05) is 6.61 Å². The molecule has 0 saturated carbocycles. The SMILES string of the molecule is CCOC(=O)CCc1c(-c2ccc(Cl)cc2)c(C=O)n2c1sc1ccccc12. The zero-order chi connectivity index (χ0) is 19.7. The van der Waals surface area contributed by atoms with Crippen LogP contribution in [0.15, 0.2) is 48.5 Å². The first-order chi connectivity index (χ1) is 13.6. The van der Waals surface area contributed by atoms with Crippen LogP contribution in [0.3, 0.4) is 0 Å². The molecule has 4 nitrogen and oxygen atoms in total. The van der Waals surface area contributed by atoms with Crippen LogP contribution in [-0.4, -0.2) is 23.3 Å². The minimum atomic E-state index is -0.238. The number of aryl methyl sites for hydroxylation is 1. The monoisotopic (exact) mass is 411 g/mol. The molecule has 0 spiro atoms. The van der Waals surface area contributed by atoms with Crippen molar-refractivity contribution in [3.05, 3.63) is 64.8 Å². The average molecular weight is 412 g/mol. The van der Waals surface area contributed by atoms with E-state index in [9.17, 15) is 9.59 Å². The molecule has 0 radical (unpaired) electrons. The van der Waals surface area contributed by atoms with Crippen LogP contribution >= 0.6 is 22.9 Å². The second kappa shape index (κ2) is 7.78. The lowest BCUT2D eigenvalue weighted by Gasteiger charge is -2.07. The number of nitrogens with zero attached hydrogens (tertiary/aromatic N) is 1. The molecule has 0 bridgehead atoms. The van der Waals surface area contributed by atoms with E-state index in [0.717, 1.165) is 38.0 Å². The molecule has 4 rings (SSSR count). The molecule has 0 aliphatic heterocycles. The lowest BCUT2D eigenvalue weighted by molar-refractivity contribution is -0.143. The summed E-state index contributed by atoms with van der Waals surface area (Å²) in [6, 6.07) is 15.4. The van der Waals surface area contributed by atoms with Crippen molar-refractivity contribution < 1.29 is 14.3 Å². The Morgan fingerprint density at radius 2 is 1.93 bits per heavy atom. The first-order valence-corrected chi connectivity index (χ1v) is 10.2. The van der Waals surface area contributed by atoms with E-state index < -0.39 is 0 Å². The summed E-state index contributed by atoms with van der Waals surface area (Å²) in [4.78, 5) is 25.1. The van der Waals surface area contributed by atoms with Crippen LogP contribution in [-0.2, 0) is 16.0 Å². The first kappa shape index (κ1) is 18.7. The van der Waals surface area contributed by atoms with Gasteiger partial charge in [0.2, 0.25) is 0 Å². The second-order valence-corrected chi connectivity index (χ2v) is 7.85. The van der Waals surface area contributed by atoms with Gasteiger partial charge in [0.15, 0.2) is 6.29 Å². The molecule has 4 aromatic rings. The molecule has 6 heteroatoms. The Hall–Kier alpha value is -2.63. The highest BCUT2D eigenvalue weighted by Gasteiger charge is 2.23. The highest BCUT2D eigenvalue weighted by molar-refractivity contribution is 7.24. The largest absolute Gasteiger partial charge is 0.466 e. The number of ether oxygens (including phenoxy) is 1. The smallest absolute Gasteiger partial charge is 0.306 e. The Morgan fingerprint density at radius 3 is 2.64 bits per heavy atom. The van der Waals surface area contributed by atoms with Crippen molar-refractivity contribution in [2.45, 2.75) is 19.8 Å². The topological polar surface area (TPSA) is 47.8 Å². The summed E-state index contributed by atoms with van der Waals surface area (Å²) in [5.74, 6) is -0.238. The summed E-state index contributed by atoms with van der Waals surface area (Å²) in [5.41, 5.74) is 4.33. The molecule has 142 valence electrons. The molecule has 0 aliphatic rings. The maximum absolute atomic E-state index is 12.1. The van der Waals surface area contributed by atoms with Gasteiger partial charge in [-0.1, -0.05) is 35.9 Å². The van der Waals surface area contributed by atoms with Gasteiger partial charge in [0, 0.05) is 17.0 Å². The molecule has 0 amide bonds. The highest BCUT2D eigenvalue weighted by atomic mass is 35.5. The van der Waals surface area contributed by atoms with Gasteiger partial charge < -0.3 is 4.74 Å². The number of hydrogen-bond acceptors (Lipinski definition) is 4. The van der Waals surface area contributed by atoms with Crippen molar-refractivity contribution in [1.82, 2.24) is 4.40 Å². The molecule has 0 saturated heterocycles. The fourth-order valence-corrected chi connectivity index (χ4v) is 4.90. The Labute approximate surface area is 171 Å². The summed E-state index contributed by atoms with van der Waals surface area (Å²) >= 11 is 7.68. The van der Waals surface area contributed by atoms with Crippen LogP contribution in [0.1, 0.15) is 29.4 Å². The summed E-state index contributed by atoms with van der Waals surface area (Å²) in [6.45, 7) is 2.15. The minimum Gasteiger partial charge on any atom is -0.466 e. The number of aromatic nitrogens is 1. The molecule has 2 heterocycles. The number of fused-ring (bicyclic) bond motifs is 3. The van der Waals surface area contributed by atoms with Gasteiger partial charge in [0.05, 0.1) is 22.5 Å². The molecule has 0 fully saturated rings. The van der Waals surface area contributed by atoms with E-state index in [2.05, 4.69) is 0 Å². The standard InChI is InChI=1S/C22H18ClNO3S/c1-2-27-20(26)12-11-16-21(14-7-9-15(23)10-8-14)18(13-25)24-17-5-3-4-6-19(17)28-22(16)24/h3-10,13H,2,11-12H2,1H3. The number of thiazole rings is 1. The average Bonchev–Trinajstić information content (AvgIpc) is 3.21. The van der Waals surface area contributed by atoms with Gasteiger partial charge in [-0.2, -0.15) is 0 Å². The summed E-state index contributed by atoms with van der Waals surface area (Å²) in [5, 5.41) is 0.635. The maximum Gasteiger partial charge on any atom is 0.306 e.